The highest BCUT2D eigenvalue weighted by Gasteiger charge is 2.08. The number of nitrogens with two attached hydrogens (primary N) is 1. The van der Waals surface area contributed by atoms with Gasteiger partial charge >= 0.3 is 0 Å². The lowest BCUT2D eigenvalue weighted by Gasteiger charge is -2.12. The van der Waals surface area contributed by atoms with Crippen LogP contribution in [0.25, 0.3) is 0 Å². The Morgan fingerprint density at radius 2 is 1.68 bits per heavy atom. The molecule has 0 amide bonds. The van der Waals surface area contributed by atoms with Gasteiger partial charge in [-0.25, -0.2) is 0 Å². The molecule has 5 heteroatoms. The Morgan fingerprint density at radius 1 is 1.00 bits per heavy atom. The van der Waals surface area contributed by atoms with Gasteiger partial charge in [-0.3, -0.25) is 0 Å². The monoisotopic (exact) mass is 403 g/mol. The van der Waals surface area contributed by atoms with Crippen LogP contribution in [0.1, 0.15) is 5.56 Å². The van der Waals surface area contributed by atoms with Crippen LogP contribution in [-0.4, -0.2) is 6.54 Å². The second-order valence-corrected chi connectivity index (χ2v) is 6.21. The van der Waals surface area contributed by atoms with E-state index in [2.05, 4.69) is 31.9 Å². The SMILES string of the molecule is NCCc1ccc(Br)cc1Oc1ccc(Br)cc1Cl. The zero-order chi connectivity index (χ0) is 13.8. The number of hydrogen-bond donors (Lipinski definition) is 1. The summed E-state index contributed by atoms with van der Waals surface area (Å²) in [5, 5.41) is 0.563. The normalized spacial score (nSPS) is 10.5. The third-order valence-corrected chi connectivity index (χ3v) is 3.84. The summed E-state index contributed by atoms with van der Waals surface area (Å²) in [7, 11) is 0. The van der Waals surface area contributed by atoms with E-state index < -0.39 is 0 Å². The van der Waals surface area contributed by atoms with Crippen molar-refractivity contribution in [1.82, 2.24) is 0 Å². The topological polar surface area (TPSA) is 35.2 Å². The lowest BCUT2D eigenvalue weighted by molar-refractivity contribution is 0.476. The Bertz CT molecular complexity index is 590. The summed E-state index contributed by atoms with van der Waals surface area (Å²) in [6.45, 7) is 0.575. The Morgan fingerprint density at radius 3 is 2.37 bits per heavy atom. The highest BCUT2D eigenvalue weighted by atomic mass is 79.9. The largest absolute Gasteiger partial charge is 0.455 e. The molecule has 19 heavy (non-hydrogen) atoms. The number of hydrogen-bond acceptors (Lipinski definition) is 2. The van der Waals surface area contributed by atoms with Gasteiger partial charge in [-0.2, -0.15) is 0 Å². The van der Waals surface area contributed by atoms with Crippen molar-refractivity contribution < 1.29 is 4.74 Å². The molecule has 0 aliphatic heterocycles. The number of rotatable bonds is 4. The van der Waals surface area contributed by atoms with Crippen molar-refractivity contribution in [3.63, 3.8) is 0 Å². The number of halogens is 3. The molecule has 0 radical (unpaired) electrons. The Kier molecular flexibility index (Phi) is 5.28. The van der Waals surface area contributed by atoms with E-state index in [0.29, 0.717) is 17.3 Å². The van der Waals surface area contributed by atoms with Crippen LogP contribution in [-0.2, 0) is 6.42 Å². The molecule has 2 aromatic carbocycles. The molecule has 0 saturated heterocycles. The fourth-order valence-electron chi connectivity index (χ4n) is 1.66. The van der Waals surface area contributed by atoms with Crippen LogP contribution in [0.5, 0.6) is 11.5 Å². The van der Waals surface area contributed by atoms with E-state index >= 15 is 0 Å². The lowest BCUT2D eigenvalue weighted by Crippen LogP contribution is -2.04. The molecule has 0 atom stereocenters. The maximum atomic E-state index is 6.16. The average molecular weight is 406 g/mol. The highest BCUT2D eigenvalue weighted by Crippen LogP contribution is 2.34. The van der Waals surface area contributed by atoms with Gasteiger partial charge in [0.05, 0.1) is 5.02 Å². The highest BCUT2D eigenvalue weighted by molar-refractivity contribution is 9.10. The third-order valence-electron chi connectivity index (χ3n) is 2.56. The second kappa shape index (κ2) is 6.75. The van der Waals surface area contributed by atoms with Gasteiger partial charge in [-0.05, 0) is 48.9 Å². The van der Waals surface area contributed by atoms with Crippen molar-refractivity contribution in [2.24, 2.45) is 5.73 Å². The molecule has 100 valence electrons. The molecule has 0 aliphatic carbocycles. The molecule has 2 nitrogen and oxygen atoms in total. The predicted octanol–water partition coefficient (Wildman–Crippen LogP) is 5.16. The van der Waals surface area contributed by atoms with Crippen LogP contribution < -0.4 is 10.5 Å². The van der Waals surface area contributed by atoms with Gasteiger partial charge in [0, 0.05) is 8.95 Å². The van der Waals surface area contributed by atoms with Crippen molar-refractivity contribution in [2.75, 3.05) is 6.54 Å². The molecule has 2 aromatic rings. The van der Waals surface area contributed by atoms with E-state index in [1.165, 1.54) is 0 Å². The standard InChI is InChI=1S/C14H12Br2ClNO/c15-10-3-4-13(12(17)7-10)19-14-8-11(16)2-1-9(14)5-6-18/h1-4,7-8H,5-6,18H2. The minimum atomic E-state index is 0.563. The van der Waals surface area contributed by atoms with Crippen LogP contribution in [0, 0.1) is 0 Å². The van der Waals surface area contributed by atoms with Crippen LogP contribution in [0.3, 0.4) is 0 Å². The average Bonchev–Trinajstić information content (AvgIpc) is 2.36. The maximum Gasteiger partial charge on any atom is 0.146 e. The fraction of sp³-hybridized carbons (Fsp3) is 0.143. The van der Waals surface area contributed by atoms with Gasteiger partial charge in [0.25, 0.3) is 0 Å². The summed E-state index contributed by atoms with van der Waals surface area (Å²) in [4.78, 5) is 0. The molecule has 0 bridgehead atoms. The first kappa shape index (κ1) is 14.9. The molecular formula is C14H12Br2ClNO. The minimum absolute atomic E-state index is 0.563. The molecular weight excluding hydrogens is 393 g/mol. The van der Waals surface area contributed by atoms with Crippen molar-refractivity contribution in [3.8, 4) is 11.5 Å². The summed E-state index contributed by atoms with van der Waals surface area (Å²) < 4.78 is 7.76. The van der Waals surface area contributed by atoms with Gasteiger partial charge in [-0.15, -0.1) is 0 Å². The van der Waals surface area contributed by atoms with Gasteiger partial charge < -0.3 is 10.5 Å². The predicted molar refractivity (Wildman–Crippen MR) is 86.1 cm³/mol. The van der Waals surface area contributed by atoms with Crippen molar-refractivity contribution in [2.45, 2.75) is 6.42 Å². The summed E-state index contributed by atoms with van der Waals surface area (Å²) in [6, 6.07) is 11.4. The van der Waals surface area contributed by atoms with Gasteiger partial charge in [0.1, 0.15) is 11.5 Å². The minimum Gasteiger partial charge on any atom is -0.455 e. The third kappa shape index (κ3) is 3.96. The van der Waals surface area contributed by atoms with Crippen molar-refractivity contribution >= 4 is 43.5 Å². The van der Waals surface area contributed by atoms with E-state index in [0.717, 1.165) is 26.7 Å². The number of benzene rings is 2. The maximum absolute atomic E-state index is 6.16. The molecule has 0 unspecified atom stereocenters. The van der Waals surface area contributed by atoms with Crippen molar-refractivity contribution in [3.05, 3.63) is 55.9 Å². The number of ether oxygens (including phenoxy) is 1. The summed E-state index contributed by atoms with van der Waals surface area (Å²) in [5.74, 6) is 1.39. The smallest absolute Gasteiger partial charge is 0.146 e. The molecule has 0 spiro atoms. The molecule has 2 N–H and O–H groups in total. The summed E-state index contributed by atoms with van der Waals surface area (Å²) >= 11 is 13.0. The van der Waals surface area contributed by atoms with Crippen LogP contribution in [0.4, 0.5) is 0 Å². The first-order chi connectivity index (χ1) is 9.10. The fourth-order valence-corrected chi connectivity index (χ4v) is 2.71. The molecule has 0 saturated carbocycles. The van der Waals surface area contributed by atoms with E-state index in [4.69, 9.17) is 22.1 Å². The Balaban J connectivity index is 2.33. The van der Waals surface area contributed by atoms with Crippen LogP contribution in [0.2, 0.25) is 5.02 Å². The lowest BCUT2D eigenvalue weighted by atomic mass is 10.1. The van der Waals surface area contributed by atoms with Crippen LogP contribution >= 0.6 is 43.5 Å². The van der Waals surface area contributed by atoms with Gasteiger partial charge in [0.2, 0.25) is 0 Å². The molecule has 0 aromatic heterocycles. The quantitative estimate of drug-likeness (QED) is 0.763. The molecule has 0 heterocycles. The first-order valence-electron chi connectivity index (χ1n) is 5.71. The van der Waals surface area contributed by atoms with E-state index in [1.807, 2.05) is 30.3 Å². The molecule has 0 aliphatic rings. The summed E-state index contributed by atoms with van der Waals surface area (Å²) in [5.41, 5.74) is 6.67. The van der Waals surface area contributed by atoms with Gasteiger partial charge in [0.15, 0.2) is 0 Å². The zero-order valence-corrected chi connectivity index (χ0v) is 13.9. The molecule has 2 rings (SSSR count). The van der Waals surface area contributed by atoms with E-state index in [-0.39, 0.29) is 0 Å². The second-order valence-electron chi connectivity index (χ2n) is 3.97. The summed E-state index contributed by atoms with van der Waals surface area (Å²) in [6.07, 6.45) is 0.761. The van der Waals surface area contributed by atoms with Gasteiger partial charge in [-0.1, -0.05) is 49.5 Å². The van der Waals surface area contributed by atoms with E-state index in [1.54, 1.807) is 6.07 Å². The molecule has 0 fully saturated rings. The zero-order valence-electron chi connectivity index (χ0n) is 10.00. The van der Waals surface area contributed by atoms with E-state index in [9.17, 15) is 0 Å². The Hall–Kier alpha value is -0.550. The Labute approximate surface area is 134 Å². The van der Waals surface area contributed by atoms with Crippen LogP contribution in [0.15, 0.2) is 45.3 Å². The first-order valence-corrected chi connectivity index (χ1v) is 7.68. The van der Waals surface area contributed by atoms with Crippen molar-refractivity contribution in [1.29, 1.82) is 0 Å².